The van der Waals surface area contributed by atoms with E-state index in [1.165, 1.54) is 11.1 Å². The van der Waals surface area contributed by atoms with Gasteiger partial charge in [-0.2, -0.15) is 0 Å². The molecule has 0 bridgehead atoms. The zero-order valence-corrected chi connectivity index (χ0v) is 14.1. The number of rotatable bonds is 9. The first kappa shape index (κ1) is 17.4. The number of aromatic nitrogens is 1. The molecule has 0 aromatic carbocycles. The molecule has 0 radical (unpaired) electrons. The second-order valence-corrected chi connectivity index (χ2v) is 8.05. The van der Waals surface area contributed by atoms with Crippen molar-refractivity contribution in [3.05, 3.63) is 10.6 Å². The smallest absolute Gasteiger partial charge is 0.185 e. The van der Waals surface area contributed by atoms with Gasteiger partial charge in [0.15, 0.2) is 5.13 Å². The lowest BCUT2D eigenvalue weighted by Gasteiger charge is -2.14. The zero-order chi connectivity index (χ0) is 15.2. The molecule has 0 saturated carbocycles. The fourth-order valence-electron chi connectivity index (χ4n) is 1.51. The fourth-order valence-corrected chi connectivity index (χ4v) is 3.14. The van der Waals surface area contributed by atoms with Crippen molar-refractivity contribution in [2.45, 2.75) is 13.5 Å². The standard InChI is InChI=1S/C12H23N3O3S2/c1-10-11(9-13-5-7-18-3)19-12(14-10)15(2)6-8-20(4,16)17/h13H,5-9H2,1-4H3. The van der Waals surface area contributed by atoms with Gasteiger partial charge in [-0.1, -0.05) is 0 Å². The summed E-state index contributed by atoms with van der Waals surface area (Å²) in [5.74, 6) is 0.142. The van der Waals surface area contributed by atoms with Crippen LogP contribution in [0.4, 0.5) is 5.13 Å². The van der Waals surface area contributed by atoms with E-state index >= 15 is 0 Å². The monoisotopic (exact) mass is 321 g/mol. The van der Waals surface area contributed by atoms with Crippen LogP contribution in [0.2, 0.25) is 0 Å². The second kappa shape index (κ2) is 7.92. The van der Waals surface area contributed by atoms with Crippen LogP contribution in [0.5, 0.6) is 0 Å². The second-order valence-electron chi connectivity index (χ2n) is 4.73. The summed E-state index contributed by atoms with van der Waals surface area (Å²) in [7, 11) is 0.600. The van der Waals surface area contributed by atoms with Crippen molar-refractivity contribution in [1.29, 1.82) is 0 Å². The molecule has 1 rings (SSSR count). The molecule has 0 amide bonds. The summed E-state index contributed by atoms with van der Waals surface area (Å²) < 4.78 is 27.3. The highest BCUT2D eigenvalue weighted by molar-refractivity contribution is 7.90. The van der Waals surface area contributed by atoms with Gasteiger partial charge < -0.3 is 15.0 Å². The molecule has 0 saturated heterocycles. The summed E-state index contributed by atoms with van der Waals surface area (Å²) in [6.45, 7) is 4.67. The third kappa shape index (κ3) is 6.17. The van der Waals surface area contributed by atoms with Gasteiger partial charge >= 0.3 is 0 Å². The molecular weight excluding hydrogens is 298 g/mol. The summed E-state index contributed by atoms with van der Waals surface area (Å²) >= 11 is 1.59. The van der Waals surface area contributed by atoms with Gasteiger partial charge in [0, 0.05) is 44.9 Å². The minimum atomic E-state index is -2.94. The number of hydrogen-bond acceptors (Lipinski definition) is 7. The summed E-state index contributed by atoms with van der Waals surface area (Å²) in [4.78, 5) is 7.54. The van der Waals surface area contributed by atoms with Crippen LogP contribution < -0.4 is 10.2 Å². The maximum Gasteiger partial charge on any atom is 0.185 e. The van der Waals surface area contributed by atoms with E-state index in [1.54, 1.807) is 18.4 Å². The predicted molar refractivity (Wildman–Crippen MR) is 83.4 cm³/mol. The van der Waals surface area contributed by atoms with Gasteiger partial charge in [0.25, 0.3) is 0 Å². The highest BCUT2D eigenvalue weighted by Crippen LogP contribution is 2.25. The lowest BCUT2D eigenvalue weighted by molar-refractivity contribution is 0.199. The van der Waals surface area contributed by atoms with E-state index in [0.29, 0.717) is 13.2 Å². The average molecular weight is 321 g/mol. The highest BCUT2D eigenvalue weighted by Gasteiger charge is 2.12. The Morgan fingerprint density at radius 1 is 1.45 bits per heavy atom. The normalized spacial score (nSPS) is 11.8. The van der Waals surface area contributed by atoms with Crippen LogP contribution >= 0.6 is 11.3 Å². The van der Waals surface area contributed by atoms with Crippen LogP contribution in [-0.2, 0) is 21.1 Å². The Labute approximate surface area is 125 Å². The van der Waals surface area contributed by atoms with Crippen LogP contribution in [0.15, 0.2) is 0 Å². The Morgan fingerprint density at radius 2 is 2.15 bits per heavy atom. The van der Waals surface area contributed by atoms with Gasteiger partial charge in [0.2, 0.25) is 0 Å². The van der Waals surface area contributed by atoms with Crippen LogP contribution in [0.1, 0.15) is 10.6 Å². The van der Waals surface area contributed by atoms with Gasteiger partial charge in [-0.25, -0.2) is 13.4 Å². The lowest BCUT2D eigenvalue weighted by Crippen LogP contribution is -2.24. The molecule has 20 heavy (non-hydrogen) atoms. The molecule has 8 heteroatoms. The Hall–Kier alpha value is -0.700. The largest absolute Gasteiger partial charge is 0.383 e. The molecule has 116 valence electrons. The van der Waals surface area contributed by atoms with E-state index in [0.717, 1.165) is 23.9 Å². The number of nitrogens with zero attached hydrogens (tertiary/aromatic N) is 2. The Kier molecular flexibility index (Phi) is 6.87. The minimum absolute atomic E-state index is 0.142. The number of hydrogen-bond donors (Lipinski definition) is 1. The Bertz CT molecular complexity index is 514. The van der Waals surface area contributed by atoms with Crippen molar-refractivity contribution in [3.8, 4) is 0 Å². The van der Waals surface area contributed by atoms with Crippen molar-refractivity contribution >= 4 is 26.3 Å². The molecule has 0 fully saturated rings. The molecule has 0 atom stereocenters. The molecule has 0 unspecified atom stereocenters. The van der Waals surface area contributed by atoms with E-state index in [1.807, 2.05) is 18.9 Å². The van der Waals surface area contributed by atoms with Crippen LogP contribution in [-0.4, -0.2) is 59.3 Å². The van der Waals surface area contributed by atoms with Crippen LogP contribution in [0.25, 0.3) is 0 Å². The van der Waals surface area contributed by atoms with Crippen molar-refractivity contribution in [2.75, 3.05) is 50.8 Å². The molecular formula is C12H23N3O3S2. The number of nitrogens with one attached hydrogen (secondary N) is 1. The number of aryl methyl sites for hydroxylation is 1. The third-order valence-electron chi connectivity index (χ3n) is 2.77. The van der Waals surface area contributed by atoms with E-state index in [2.05, 4.69) is 10.3 Å². The summed E-state index contributed by atoms with van der Waals surface area (Å²) in [6.07, 6.45) is 1.25. The zero-order valence-electron chi connectivity index (χ0n) is 12.5. The molecule has 1 heterocycles. The van der Waals surface area contributed by atoms with Crippen molar-refractivity contribution in [2.24, 2.45) is 0 Å². The summed E-state index contributed by atoms with van der Waals surface area (Å²) in [6, 6.07) is 0. The molecule has 1 N–H and O–H groups in total. The number of methoxy groups -OCH3 is 1. The lowest BCUT2D eigenvalue weighted by atomic mass is 10.4. The Morgan fingerprint density at radius 3 is 2.75 bits per heavy atom. The summed E-state index contributed by atoms with van der Waals surface area (Å²) in [5, 5.41) is 4.14. The molecule has 1 aromatic heterocycles. The number of anilines is 1. The van der Waals surface area contributed by atoms with Gasteiger partial charge in [-0.3, -0.25) is 0 Å². The SMILES string of the molecule is COCCNCc1sc(N(C)CCS(C)(=O)=O)nc1C. The van der Waals surface area contributed by atoms with Crippen LogP contribution in [0, 0.1) is 6.92 Å². The van der Waals surface area contributed by atoms with Crippen molar-refractivity contribution in [1.82, 2.24) is 10.3 Å². The number of thiazole rings is 1. The Balaban J connectivity index is 2.55. The number of sulfone groups is 1. The molecule has 0 aliphatic carbocycles. The molecule has 0 aliphatic rings. The minimum Gasteiger partial charge on any atom is -0.383 e. The van der Waals surface area contributed by atoms with Gasteiger partial charge in [-0.05, 0) is 6.92 Å². The van der Waals surface area contributed by atoms with E-state index in [9.17, 15) is 8.42 Å². The molecule has 6 nitrogen and oxygen atoms in total. The first-order valence-corrected chi connectivity index (χ1v) is 9.26. The highest BCUT2D eigenvalue weighted by atomic mass is 32.2. The van der Waals surface area contributed by atoms with E-state index < -0.39 is 9.84 Å². The van der Waals surface area contributed by atoms with E-state index in [-0.39, 0.29) is 5.75 Å². The fraction of sp³-hybridized carbons (Fsp3) is 0.750. The predicted octanol–water partition coefficient (Wildman–Crippen LogP) is 0.668. The topological polar surface area (TPSA) is 71.5 Å². The third-order valence-corrected chi connectivity index (χ3v) is 4.97. The van der Waals surface area contributed by atoms with Gasteiger partial charge in [0.1, 0.15) is 9.84 Å². The first-order chi connectivity index (χ1) is 9.33. The van der Waals surface area contributed by atoms with Crippen molar-refractivity contribution < 1.29 is 13.2 Å². The molecule has 1 aromatic rings. The van der Waals surface area contributed by atoms with Crippen molar-refractivity contribution in [3.63, 3.8) is 0 Å². The maximum atomic E-state index is 11.2. The summed E-state index contributed by atoms with van der Waals surface area (Å²) in [5.41, 5.74) is 0.987. The average Bonchev–Trinajstić information content (AvgIpc) is 2.72. The molecule has 0 aliphatic heterocycles. The van der Waals surface area contributed by atoms with Crippen LogP contribution in [0.3, 0.4) is 0 Å². The van der Waals surface area contributed by atoms with Gasteiger partial charge in [0.05, 0.1) is 18.1 Å². The quantitative estimate of drug-likeness (QED) is 0.674. The molecule has 0 spiro atoms. The number of ether oxygens (including phenoxy) is 1. The maximum absolute atomic E-state index is 11.2. The first-order valence-electron chi connectivity index (χ1n) is 6.38. The van der Waals surface area contributed by atoms with E-state index in [4.69, 9.17) is 4.74 Å². The van der Waals surface area contributed by atoms with Gasteiger partial charge in [-0.15, -0.1) is 11.3 Å².